The molecule has 0 bridgehead atoms. The number of aromatic nitrogens is 1. The van der Waals surface area contributed by atoms with Crippen LogP contribution in [0.25, 0.3) is 0 Å². The number of nitrogen functional groups attached to an aromatic ring is 1. The Balaban J connectivity index is 3.11. The maximum absolute atomic E-state index is 11.5. The van der Waals surface area contributed by atoms with Crippen molar-refractivity contribution in [1.82, 2.24) is 9.99 Å². The van der Waals surface area contributed by atoms with E-state index >= 15 is 0 Å². The Morgan fingerprint density at radius 3 is 2.67 bits per heavy atom. The monoisotopic (exact) mass is 209 g/mol. The maximum atomic E-state index is 11.5. The minimum atomic E-state index is -0.231. The fourth-order valence-electron chi connectivity index (χ4n) is 1.82. The molecule has 0 saturated carbocycles. The van der Waals surface area contributed by atoms with E-state index in [-0.39, 0.29) is 11.9 Å². The Labute approximate surface area is 90.4 Å². The predicted molar refractivity (Wildman–Crippen MR) is 60.5 cm³/mol. The second kappa shape index (κ2) is 4.98. The van der Waals surface area contributed by atoms with Crippen molar-refractivity contribution < 1.29 is 4.79 Å². The van der Waals surface area contributed by atoms with Crippen LogP contribution in [-0.4, -0.2) is 10.5 Å². The number of nitrogens with two attached hydrogens (primary N) is 1. The van der Waals surface area contributed by atoms with Gasteiger partial charge in [-0.3, -0.25) is 10.2 Å². The minimum Gasteiger partial charge on any atom is -0.338 e. The molecule has 84 valence electrons. The van der Waals surface area contributed by atoms with Gasteiger partial charge in [-0.15, -0.1) is 0 Å². The number of aryl methyl sites for hydroxylation is 1. The zero-order valence-corrected chi connectivity index (χ0v) is 9.58. The summed E-state index contributed by atoms with van der Waals surface area (Å²) in [6.45, 7) is 6.25. The highest BCUT2D eigenvalue weighted by Crippen LogP contribution is 2.17. The number of nitrogens with one attached hydrogen (secondary N) is 1. The van der Waals surface area contributed by atoms with E-state index in [9.17, 15) is 4.79 Å². The molecule has 0 spiro atoms. The fraction of sp³-hybridized carbons (Fsp3) is 0.545. The van der Waals surface area contributed by atoms with E-state index in [1.165, 1.54) is 5.69 Å². The van der Waals surface area contributed by atoms with Crippen LogP contribution in [0.5, 0.6) is 0 Å². The zero-order chi connectivity index (χ0) is 11.4. The lowest BCUT2D eigenvalue weighted by Crippen LogP contribution is -2.32. The SMILES string of the molecule is CCCc1ccc(C(=O)NN)n1C(C)C. The zero-order valence-electron chi connectivity index (χ0n) is 9.58. The standard InChI is InChI=1S/C11H19N3O/c1-4-5-9-6-7-10(11(15)13-12)14(9)8(2)3/h6-8H,4-5,12H2,1-3H3,(H,13,15). The first-order valence-electron chi connectivity index (χ1n) is 5.32. The summed E-state index contributed by atoms with van der Waals surface area (Å²) in [7, 11) is 0. The first-order chi connectivity index (χ1) is 7.11. The third kappa shape index (κ3) is 2.39. The molecule has 1 amide bonds. The summed E-state index contributed by atoms with van der Waals surface area (Å²) in [6, 6.07) is 4.09. The molecule has 0 fully saturated rings. The minimum absolute atomic E-state index is 0.231. The molecule has 0 aliphatic rings. The van der Waals surface area contributed by atoms with Crippen molar-refractivity contribution in [2.75, 3.05) is 0 Å². The largest absolute Gasteiger partial charge is 0.338 e. The Morgan fingerprint density at radius 1 is 1.53 bits per heavy atom. The molecular weight excluding hydrogens is 190 g/mol. The molecule has 4 nitrogen and oxygen atoms in total. The van der Waals surface area contributed by atoms with Crippen LogP contribution in [0.1, 0.15) is 49.4 Å². The number of nitrogens with zero attached hydrogens (tertiary/aromatic N) is 1. The van der Waals surface area contributed by atoms with Crippen LogP contribution in [0.4, 0.5) is 0 Å². The molecule has 1 heterocycles. The van der Waals surface area contributed by atoms with E-state index < -0.39 is 0 Å². The summed E-state index contributed by atoms with van der Waals surface area (Å²) in [4.78, 5) is 11.5. The second-order valence-electron chi connectivity index (χ2n) is 3.90. The van der Waals surface area contributed by atoms with Crippen molar-refractivity contribution in [2.24, 2.45) is 5.84 Å². The quantitative estimate of drug-likeness (QED) is 0.450. The summed E-state index contributed by atoms with van der Waals surface area (Å²) < 4.78 is 2.03. The predicted octanol–water partition coefficient (Wildman–Crippen LogP) is 1.62. The van der Waals surface area contributed by atoms with Crippen LogP contribution < -0.4 is 11.3 Å². The highest BCUT2D eigenvalue weighted by atomic mass is 16.2. The van der Waals surface area contributed by atoms with Gasteiger partial charge in [-0.05, 0) is 32.4 Å². The van der Waals surface area contributed by atoms with E-state index in [0.29, 0.717) is 5.69 Å². The normalized spacial score (nSPS) is 10.7. The van der Waals surface area contributed by atoms with Gasteiger partial charge >= 0.3 is 0 Å². The molecular formula is C11H19N3O. The van der Waals surface area contributed by atoms with E-state index in [1.54, 1.807) is 0 Å². The van der Waals surface area contributed by atoms with Crippen molar-refractivity contribution >= 4 is 5.91 Å². The van der Waals surface area contributed by atoms with Gasteiger partial charge in [0.25, 0.3) is 5.91 Å². The number of rotatable bonds is 4. The molecule has 0 aromatic carbocycles. The number of hydrazine groups is 1. The Bertz CT molecular complexity index is 342. The highest BCUT2D eigenvalue weighted by Gasteiger charge is 2.15. The van der Waals surface area contributed by atoms with Crippen LogP contribution >= 0.6 is 0 Å². The summed E-state index contributed by atoms with van der Waals surface area (Å²) in [5.74, 6) is 4.91. The van der Waals surface area contributed by atoms with Gasteiger partial charge in [-0.25, -0.2) is 5.84 Å². The number of carbonyl (C=O) groups is 1. The second-order valence-corrected chi connectivity index (χ2v) is 3.90. The van der Waals surface area contributed by atoms with Crippen molar-refractivity contribution in [1.29, 1.82) is 0 Å². The lowest BCUT2D eigenvalue weighted by molar-refractivity contribution is 0.0942. The Morgan fingerprint density at radius 2 is 2.20 bits per heavy atom. The fourth-order valence-corrected chi connectivity index (χ4v) is 1.82. The molecule has 0 unspecified atom stereocenters. The number of amides is 1. The van der Waals surface area contributed by atoms with Crippen LogP contribution in [-0.2, 0) is 6.42 Å². The van der Waals surface area contributed by atoms with E-state index in [0.717, 1.165) is 12.8 Å². The van der Waals surface area contributed by atoms with Gasteiger partial charge in [0.15, 0.2) is 0 Å². The van der Waals surface area contributed by atoms with Crippen molar-refractivity contribution in [3.63, 3.8) is 0 Å². The van der Waals surface area contributed by atoms with Crippen molar-refractivity contribution in [3.05, 3.63) is 23.5 Å². The summed E-state index contributed by atoms with van der Waals surface area (Å²) in [6.07, 6.45) is 2.05. The van der Waals surface area contributed by atoms with Crippen LogP contribution in [0.15, 0.2) is 12.1 Å². The van der Waals surface area contributed by atoms with Crippen molar-refractivity contribution in [2.45, 2.75) is 39.7 Å². The third-order valence-electron chi connectivity index (χ3n) is 2.39. The number of carbonyl (C=O) groups excluding carboxylic acids is 1. The average molecular weight is 209 g/mol. The van der Waals surface area contributed by atoms with E-state index in [1.807, 2.05) is 16.7 Å². The number of hydrogen-bond acceptors (Lipinski definition) is 2. The molecule has 1 aromatic heterocycles. The topological polar surface area (TPSA) is 60.1 Å². The van der Waals surface area contributed by atoms with Gasteiger partial charge in [-0.1, -0.05) is 13.3 Å². The Kier molecular flexibility index (Phi) is 3.91. The van der Waals surface area contributed by atoms with Crippen molar-refractivity contribution in [3.8, 4) is 0 Å². The summed E-state index contributed by atoms with van der Waals surface area (Å²) in [5, 5.41) is 0. The molecule has 0 aliphatic heterocycles. The molecule has 1 aromatic rings. The number of hydrogen-bond donors (Lipinski definition) is 2. The van der Waals surface area contributed by atoms with E-state index in [4.69, 9.17) is 5.84 Å². The first-order valence-corrected chi connectivity index (χ1v) is 5.32. The molecule has 0 radical (unpaired) electrons. The maximum Gasteiger partial charge on any atom is 0.281 e. The summed E-state index contributed by atoms with van der Waals surface area (Å²) in [5.41, 5.74) is 3.99. The van der Waals surface area contributed by atoms with Gasteiger partial charge < -0.3 is 4.57 Å². The van der Waals surface area contributed by atoms with Gasteiger partial charge in [-0.2, -0.15) is 0 Å². The smallest absolute Gasteiger partial charge is 0.281 e. The van der Waals surface area contributed by atoms with Crippen LogP contribution in [0, 0.1) is 0 Å². The third-order valence-corrected chi connectivity index (χ3v) is 2.39. The summed E-state index contributed by atoms with van der Waals surface area (Å²) >= 11 is 0. The van der Waals surface area contributed by atoms with E-state index in [2.05, 4.69) is 26.2 Å². The first kappa shape index (κ1) is 11.8. The van der Waals surface area contributed by atoms with Gasteiger partial charge in [0.1, 0.15) is 5.69 Å². The molecule has 1 rings (SSSR count). The lowest BCUT2D eigenvalue weighted by atomic mass is 10.2. The Hall–Kier alpha value is -1.29. The average Bonchev–Trinajstić information content (AvgIpc) is 2.61. The molecule has 0 atom stereocenters. The van der Waals surface area contributed by atoms with Gasteiger partial charge in [0, 0.05) is 11.7 Å². The molecule has 3 N–H and O–H groups in total. The highest BCUT2D eigenvalue weighted by molar-refractivity contribution is 5.92. The van der Waals surface area contributed by atoms with Crippen LogP contribution in [0.3, 0.4) is 0 Å². The lowest BCUT2D eigenvalue weighted by Gasteiger charge is -2.16. The van der Waals surface area contributed by atoms with Gasteiger partial charge in [0.2, 0.25) is 0 Å². The van der Waals surface area contributed by atoms with Crippen LogP contribution in [0.2, 0.25) is 0 Å². The van der Waals surface area contributed by atoms with Gasteiger partial charge in [0.05, 0.1) is 0 Å². The molecule has 15 heavy (non-hydrogen) atoms. The molecule has 0 aliphatic carbocycles. The molecule has 4 heteroatoms. The molecule has 0 saturated heterocycles.